The van der Waals surface area contributed by atoms with Crippen LogP contribution in [0.1, 0.15) is 17.9 Å². The molecule has 1 atom stereocenters. The quantitative estimate of drug-likeness (QED) is 0.497. The summed E-state index contributed by atoms with van der Waals surface area (Å²) >= 11 is 0. The highest BCUT2D eigenvalue weighted by Crippen LogP contribution is 2.25. The number of hydrogen-bond donors (Lipinski definition) is 2. The summed E-state index contributed by atoms with van der Waals surface area (Å²) in [4.78, 5) is 22.3. The summed E-state index contributed by atoms with van der Waals surface area (Å²) in [6.07, 6.45) is 0.224. The Labute approximate surface area is 81.1 Å². The van der Waals surface area contributed by atoms with Gasteiger partial charge in [-0.15, -0.1) is 0 Å². The lowest BCUT2D eigenvalue weighted by molar-refractivity contribution is -0.125. The van der Waals surface area contributed by atoms with E-state index in [1.54, 1.807) is 24.3 Å². The molecule has 4 nitrogen and oxygen atoms in total. The molecule has 1 aliphatic rings. The Bertz CT molecular complexity index is 401. The van der Waals surface area contributed by atoms with Crippen LogP contribution in [0.15, 0.2) is 24.3 Å². The molecule has 1 aliphatic heterocycles. The van der Waals surface area contributed by atoms with Crippen molar-refractivity contribution in [2.24, 2.45) is 0 Å². The van der Waals surface area contributed by atoms with Crippen molar-refractivity contribution in [3.05, 3.63) is 29.8 Å². The van der Waals surface area contributed by atoms with Gasteiger partial charge in [0.1, 0.15) is 0 Å². The second kappa shape index (κ2) is 3.14. The smallest absolute Gasteiger partial charge is 0.234 e. The van der Waals surface area contributed by atoms with Crippen LogP contribution >= 0.6 is 0 Å². The Kier molecular flexibility index (Phi) is 1.96. The predicted octanol–water partition coefficient (Wildman–Crippen LogP) is 0.399. The van der Waals surface area contributed by atoms with Gasteiger partial charge in [-0.2, -0.15) is 0 Å². The Morgan fingerprint density at radius 3 is 2.71 bits per heavy atom. The van der Waals surface area contributed by atoms with Gasteiger partial charge in [-0.3, -0.25) is 14.9 Å². The van der Waals surface area contributed by atoms with Crippen molar-refractivity contribution < 1.29 is 9.59 Å². The average Bonchev–Trinajstić information content (AvgIpc) is 2.45. The minimum Gasteiger partial charge on any atom is -0.399 e. The summed E-state index contributed by atoms with van der Waals surface area (Å²) in [5.74, 6) is -0.825. The van der Waals surface area contributed by atoms with Gasteiger partial charge in [0.2, 0.25) is 11.8 Å². The van der Waals surface area contributed by atoms with E-state index in [1.165, 1.54) is 0 Å². The molecular formula is C10H10N2O2. The van der Waals surface area contributed by atoms with E-state index in [-0.39, 0.29) is 24.2 Å². The van der Waals surface area contributed by atoms with E-state index in [0.717, 1.165) is 5.56 Å². The largest absolute Gasteiger partial charge is 0.399 e. The third kappa shape index (κ3) is 1.46. The molecule has 4 heteroatoms. The van der Waals surface area contributed by atoms with E-state index in [2.05, 4.69) is 5.32 Å². The standard InChI is InChI=1S/C10H10N2O2/c11-7-3-1-2-6(4-7)8-5-9(13)12-10(8)14/h1-4,8H,5,11H2,(H,12,13,14)/t8-/m0/s1. The SMILES string of the molecule is Nc1cccc([C@@H]2CC(=O)NC2=O)c1. The number of rotatable bonds is 1. The first-order valence-electron chi connectivity index (χ1n) is 4.36. The number of hydrogen-bond acceptors (Lipinski definition) is 3. The molecule has 0 spiro atoms. The summed E-state index contributed by atoms with van der Waals surface area (Å²) < 4.78 is 0. The molecule has 1 aromatic carbocycles. The lowest BCUT2D eigenvalue weighted by atomic mass is 9.97. The number of benzene rings is 1. The fraction of sp³-hybridized carbons (Fsp3) is 0.200. The van der Waals surface area contributed by atoms with Crippen LogP contribution in [0.3, 0.4) is 0 Å². The van der Waals surface area contributed by atoms with Crippen molar-refractivity contribution in [1.29, 1.82) is 0 Å². The topological polar surface area (TPSA) is 72.2 Å². The second-order valence-electron chi connectivity index (χ2n) is 3.34. The molecule has 2 rings (SSSR count). The van der Waals surface area contributed by atoms with Crippen LogP contribution in [0.5, 0.6) is 0 Å². The Hall–Kier alpha value is -1.84. The van der Waals surface area contributed by atoms with Crippen LogP contribution in [0, 0.1) is 0 Å². The van der Waals surface area contributed by atoms with Gasteiger partial charge in [0, 0.05) is 12.1 Å². The maximum Gasteiger partial charge on any atom is 0.234 e. The first-order valence-corrected chi connectivity index (χ1v) is 4.36. The molecule has 0 unspecified atom stereocenters. The van der Waals surface area contributed by atoms with Gasteiger partial charge in [-0.05, 0) is 17.7 Å². The summed E-state index contributed by atoms with van der Waals surface area (Å²) in [5.41, 5.74) is 7.00. The molecule has 2 amide bonds. The molecule has 1 fully saturated rings. The minimum atomic E-state index is -0.369. The lowest BCUT2D eigenvalue weighted by Crippen LogP contribution is -2.21. The van der Waals surface area contributed by atoms with Crippen LogP contribution in [-0.4, -0.2) is 11.8 Å². The van der Waals surface area contributed by atoms with E-state index in [0.29, 0.717) is 5.69 Å². The van der Waals surface area contributed by atoms with Crippen molar-refractivity contribution in [3.63, 3.8) is 0 Å². The first-order chi connectivity index (χ1) is 6.66. The number of carbonyl (C=O) groups is 2. The minimum absolute atomic E-state index is 0.220. The number of amides is 2. The monoisotopic (exact) mass is 190 g/mol. The van der Waals surface area contributed by atoms with Crippen molar-refractivity contribution in [3.8, 4) is 0 Å². The summed E-state index contributed by atoms with van der Waals surface area (Å²) in [7, 11) is 0. The second-order valence-corrected chi connectivity index (χ2v) is 3.34. The maximum atomic E-state index is 11.3. The highest BCUT2D eigenvalue weighted by atomic mass is 16.2. The van der Waals surface area contributed by atoms with Crippen LogP contribution < -0.4 is 11.1 Å². The van der Waals surface area contributed by atoms with E-state index in [1.807, 2.05) is 0 Å². The molecule has 1 aromatic rings. The van der Waals surface area contributed by atoms with Gasteiger partial charge in [0.05, 0.1) is 5.92 Å². The molecule has 0 radical (unpaired) electrons. The van der Waals surface area contributed by atoms with E-state index >= 15 is 0 Å². The van der Waals surface area contributed by atoms with E-state index in [9.17, 15) is 9.59 Å². The van der Waals surface area contributed by atoms with Crippen molar-refractivity contribution in [1.82, 2.24) is 5.32 Å². The summed E-state index contributed by atoms with van der Waals surface area (Å²) in [5, 5.41) is 2.27. The van der Waals surface area contributed by atoms with Crippen molar-refractivity contribution in [2.45, 2.75) is 12.3 Å². The molecule has 1 heterocycles. The molecule has 0 aromatic heterocycles. The molecule has 14 heavy (non-hydrogen) atoms. The molecule has 0 saturated carbocycles. The fourth-order valence-corrected chi connectivity index (χ4v) is 1.60. The summed E-state index contributed by atoms with van der Waals surface area (Å²) in [6, 6.07) is 7.06. The van der Waals surface area contributed by atoms with Gasteiger partial charge in [0.15, 0.2) is 0 Å². The Morgan fingerprint density at radius 1 is 1.36 bits per heavy atom. The average molecular weight is 190 g/mol. The van der Waals surface area contributed by atoms with Crippen LogP contribution in [0.2, 0.25) is 0 Å². The number of anilines is 1. The van der Waals surface area contributed by atoms with Crippen molar-refractivity contribution in [2.75, 3.05) is 5.73 Å². The number of carbonyl (C=O) groups excluding carboxylic acids is 2. The molecule has 1 saturated heterocycles. The normalized spacial score (nSPS) is 21.0. The van der Waals surface area contributed by atoms with Gasteiger partial charge in [-0.1, -0.05) is 12.1 Å². The number of imide groups is 1. The predicted molar refractivity (Wildman–Crippen MR) is 51.4 cm³/mol. The van der Waals surface area contributed by atoms with Crippen molar-refractivity contribution >= 4 is 17.5 Å². The van der Waals surface area contributed by atoms with Gasteiger partial charge >= 0.3 is 0 Å². The molecule has 3 N–H and O–H groups in total. The number of nitrogens with two attached hydrogens (primary N) is 1. The zero-order valence-electron chi connectivity index (χ0n) is 7.49. The summed E-state index contributed by atoms with van der Waals surface area (Å²) in [6.45, 7) is 0. The highest BCUT2D eigenvalue weighted by molar-refractivity contribution is 6.06. The molecule has 72 valence electrons. The molecule has 0 aliphatic carbocycles. The fourth-order valence-electron chi connectivity index (χ4n) is 1.60. The van der Waals surface area contributed by atoms with Gasteiger partial charge < -0.3 is 5.73 Å². The Balaban J connectivity index is 2.31. The molecule has 0 bridgehead atoms. The van der Waals surface area contributed by atoms with E-state index < -0.39 is 0 Å². The molecular weight excluding hydrogens is 180 g/mol. The Morgan fingerprint density at radius 2 is 2.14 bits per heavy atom. The van der Waals surface area contributed by atoms with Crippen LogP contribution in [-0.2, 0) is 9.59 Å². The number of nitrogen functional groups attached to an aromatic ring is 1. The maximum absolute atomic E-state index is 11.3. The van der Waals surface area contributed by atoms with E-state index in [4.69, 9.17) is 5.73 Å². The number of nitrogens with one attached hydrogen (secondary N) is 1. The zero-order valence-corrected chi connectivity index (χ0v) is 7.49. The van der Waals surface area contributed by atoms with Gasteiger partial charge in [0.25, 0.3) is 0 Å². The zero-order chi connectivity index (χ0) is 10.1. The third-order valence-electron chi connectivity index (χ3n) is 2.28. The van der Waals surface area contributed by atoms with Gasteiger partial charge in [-0.25, -0.2) is 0 Å². The van der Waals surface area contributed by atoms with Crippen LogP contribution in [0.4, 0.5) is 5.69 Å². The van der Waals surface area contributed by atoms with Crippen LogP contribution in [0.25, 0.3) is 0 Å². The third-order valence-corrected chi connectivity index (χ3v) is 2.28. The first kappa shape index (κ1) is 8.74. The highest BCUT2D eigenvalue weighted by Gasteiger charge is 2.31. The lowest BCUT2D eigenvalue weighted by Gasteiger charge is -2.06.